The smallest absolute Gasteiger partial charge is 0.225 e. The number of carbonyl (C=O) groups is 1. The van der Waals surface area contributed by atoms with E-state index in [-0.39, 0.29) is 12.0 Å². The molecule has 6 nitrogen and oxygen atoms in total. The fourth-order valence-corrected chi connectivity index (χ4v) is 4.22. The Labute approximate surface area is 168 Å². The van der Waals surface area contributed by atoms with Crippen molar-refractivity contribution in [3.63, 3.8) is 0 Å². The summed E-state index contributed by atoms with van der Waals surface area (Å²) in [7, 11) is 1.79. The van der Waals surface area contributed by atoms with E-state index in [0.717, 1.165) is 57.0 Å². The summed E-state index contributed by atoms with van der Waals surface area (Å²) >= 11 is 0. The molecule has 0 aromatic heterocycles. The van der Waals surface area contributed by atoms with E-state index in [9.17, 15) is 4.79 Å². The first-order valence-corrected chi connectivity index (χ1v) is 10.7. The van der Waals surface area contributed by atoms with Crippen LogP contribution in [-0.2, 0) is 11.2 Å². The van der Waals surface area contributed by atoms with E-state index in [2.05, 4.69) is 21.7 Å². The van der Waals surface area contributed by atoms with E-state index in [1.807, 2.05) is 30.0 Å². The molecule has 2 fully saturated rings. The molecule has 1 unspecified atom stereocenters. The zero-order chi connectivity index (χ0) is 19.8. The lowest BCUT2D eigenvalue weighted by atomic mass is 10.1. The van der Waals surface area contributed by atoms with E-state index in [1.54, 1.807) is 7.05 Å². The van der Waals surface area contributed by atoms with Crippen LogP contribution in [0.3, 0.4) is 0 Å². The van der Waals surface area contributed by atoms with Gasteiger partial charge >= 0.3 is 0 Å². The third-order valence-electron chi connectivity index (χ3n) is 5.73. The van der Waals surface area contributed by atoms with E-state index in [4.69, 9.17) is 4.74 Å². The molecule has 1 saturated carbocycles. The van der Waals surface area contributed by atoms with E-state index >= 15 is 0 Å². The minimum atomic E-state index is 0.265. The summed E-state index contributed by atoms with van der Waals surface area (Å²) in [6, 6.07) is 8.43. The molecule has 1 heterocycles. The van der Waals surface area contributed by atoms with Gasteiger partial charge in [0.2, 0.25) is 5.91 Å². The van der Waals surface area contributed by atoms with Crippen LogP contribution in [0.5, 0.6) is 5.75 Å². The highest BCUT2D eigenvalue weighted by atomic mass is 16.5. The standard InChI is InChI=1S/C22H34N4O2/c1-3-28-20-11-7-6-8-17(20)12-14-24-22(23-2)25-19-13-15-26(16-19)21(27)18-9-4-5-10-18/h6-8,11,18-19H,3-5,9-10,12-16H2,1-2H3,(H2,23,24,25). The number of benzene rings is 1. The van der Waals surface area contributed by atoms with Gasteiger partial charge in [-0.3, -0.25) is 9.79 Å². The van der Waals surface area contributed by atoms with Crippen LogP contribution >= 0.6 is 0 Å². The van der Waals surface area contributed by atoms with Gasteiger partial charge in [0.15, 0.2) is 5.96 Å². The van der Waals surface area contributed by atoms with Gasteiger partial charge in [-0.15, -0.1) is 0 Å². The quantitative estimate of drug-likeness (QED) is 0.558. The maximum absolute atomic E-state index is 12.6. The normalized spacial score (nSPS) is 20.4. The predicted molar refractivity (Wildman–Crippen MR) is 113 cm³/mol. The highest BCUT2D eigenvalue weighted by molar-refractivity contribution is 5.81. The molecule has 6 heteroatoms. The van der Waals surface area contributed by atoms with Crippen molar-refractivity contribution in [1.82, 2.24) is 15.5 Å². The van der Waals surface area contributed by atoms with Crippen LogP contribution in [0.25, 0.3) is 0 Å². The van der Waals surface area contributed by atoms with Crippen LogP contribution in [-0.4, -0.2) is 56.1 Å². The molecule has 28 heavy (non-hydrogen) atoms. The fourth-order valence-electron chi connectivity index (χ4n) is 4.22. The summed E-state index contributed by atoms with van der Waals surface area (Å²) in [5.74, 6) is 2.37. The average Bonchev–Trinajstić information content (AvgIpc) is 3.40. The molecule has 1 saturated heterocycles. The lowest BCUT2D eigenvalue weighted by Gasteiger charge is -2.21. The second kappa shape index (κ2) is 10.3. The second-order valence-electron chi connectivity index (χ2n) is 7.69. The summed E-state index contributed by atoms with van der Waals surface area (Å²) in [6.07, 6.45) is 6.39. The van der Waals surface area contributed by atoms with E-state index in [0.29, 0.717) is 12.5 Å². The molecule has 1 aromatic carbocycles. The van der Waals surface area contributed by atoms with Crippen molar-refractivity contribution in [2.75, 3.05) is 33.3 Å². The van der Waals surface area contributed by atoms with Crippen LogP contribution in [0.2, 0.25) is 0 Å². The molecule has 1 aromatic rings. The number of nitrogens with one attached hydrogen (secondary N) is 2. The van der Waals surface area contributed by atoms with E-state index in [1.165, 1.54) is 18.4 Å². The molecule has 2 N–H and O–H groups in total. The minimum Gasteiger partial charge on any atom is -0.494 e. The Balaban J connectivity index is 1.43. The molecule has 1 aliphatic heterocycles. The Morgan fingerprint density at radius 3 is 2.79 bits per heavy atom. The predicted octanol–water partition coefficient (Wildman–Crippen LogP) is 2.58. The van der Waals surface area contributed by atoms with Gasteiger partial charge in [0.1, 0.15) is 5.75 Å². The topological polar surface area (TPSA) is 66.0 Å². The Kier molecular flexibility index (Phi) is 7.57. The van der Waals surface area contributed by atoms with Crippen molar-refractivity contribution >= 4 is 11.9 Å². The van der Waals surface area contributed by atoms with Crippen LogP contribution in [0.15, 0.2) is 29.3 Å². The van der Waals surface area contributed by atoms with Gasteiger partial charge < -0.3 is 20.3 Å². The zero-order valence-electron chi connectivity index (χ0n) is 17.2. The third-order valence-corrected chi connectivity index (χ3v) is 5.73. The van der Waals surface area contributed by atoms with Gasteiger partial charge in [0, 0.05) is 38.6 Å². The Morgan fingerprint density at radius 2 is 2.04 bits per heavy atom. The summed E-state index contributed by atoms with van der Waals surface area (Å²) in [6.45, 7) is 5.09. The van der Waals surface area contributed by atoms with Gasteiger partial charge in [-0.1, -0.05) is 31.0 Å². The van der Waals surface area contributed by atoms with Gasteiger partial charge in [-0.25, -0.2) is 0 Å². The first-order chi connectivity index (χ1) is 13.7. The Hall–Kier alpha value is -2.24. The van der Waals surface area contributed by atoms with E-state index < -0.39 is 0 Å². The Morgan fingerprint density at radius 1 is 1.25 bits per heavy atom. The monoisotopic (exact) mass is 386 g/mol. The van der Waals surface area contributed by atoms with Crippen LogP contribution in [0.1, 0.15) is 44.6 Å². The lowest BCUT2D eigenvalue weighted by Crippen LogP contribution is -2.45. The summed E-state index contributed by atoms with van der Waals surface area (Å²) in [5.41, 5.74) is 1.20. The third kappa shape index (κ3) is 5.40. The van der Waals surface area contributed by atoms with Gasteiger partial charge in [-0.05, 0) is 44.2 Å². The maximum atomic E-state index is 12.6. The summed E-state index contributed by atoms with van der Waals surface area (Å²) in [4.78, 5) is 19.0. The molecule has 154 valence electrons. The molecule has 1 aliphatic carbocycles. The van der Waals surface area contributed by atoms with Gasteiger partial charge in [-0.2, -0.15) is 0 Å². The summed E-state index contributed by atoms with van der Waals surface area (Å²) < 4.78 is 5.69. The second-order valence-corrected chi connectivity index (χ2v) is 7.69. The number of aliphatic imine (C=N–C) groups is 1. The molecule has 1 amide bonds. The van der Waals surface area contributed by atoms with Crippen molar-refractivity contribution in [2.45, 2.75) is 51.5 Å². The number of nitrogens with zero attached hydrogens (tertiary/aromatic N) is 2. The maximum Gasteiger partial charge on any atom is 0.225 e. The molecule has 3 rings (SSSR count). The zero-order valence-corrected chi connectivity index (χ0v) is 17.2. The van der Waals surface area contributed by atoms with Crippen molar-refractivity contribution in [2.24, 2.45) is 10.9 Å². The SMILES string of the molecule is CCOc1ccccc1CCNC(=NC)NC1CCN(C(=O)C2CCCC2)C1. The highest BCUT2D eigenvalue weighted by Crippen LogP contribution is 2.27. The number of amides is 1. The molecular weight excluding hydrogens is 352 g/mol. The van der Waals surface area contributed by atoms with Crippen molar-refractivity contribution < 1.29 is 9.53 Å². The molecule has 0 bridgehead atoms. The van der Waals surface area contributed by atoms with Crippen LogP contribution in [0.4, 0.5) is 0 Å². The lowest BCUT2D eigenvalue weighted by molar-refractivity contribution is -0.134. The molecular formula is C22H34N4O2. The fraction of sp³-hybridized carbons (Fsp3) is 0.636. The van der Waals surface area contributed by atoms with Crippen molar-refractivity contribution in [3.8, 4) is 5.75 Å². The Bertz CT molecular complexity index is 670. The molecule has 1 atom stereocenters. The molecule has 0 spiro atoms. The average molecular weight is 387 g/mol. The number of hydrogen-bond donors (Lipinski definition) is 2. The van der Waals surface area contributed by atoms with Gasteiger partial charge in [0.25, 0.3) is 0 Å². The number of likely N-dealkylation sites (tertiary alicyclic amines) is 1. The highest BCUT2D eigenvalue weighted by Gasteiger charge is 2.32. The molecule has 0 radical (unpaired) electrons. The number of ether oxygens (including phenoxy) is 1. The largest absolute Gasteiger partial charge is 0.494 e. The minimum absolute atomic E-state index is 0.265. The van der Waals surface area contributed by atoms with Crippen molar-refractivity contribution in [3.05, 3.63) is 29.8 Å². The summed E-state index contributed by atoms with van der Waals surface area (Å²) in [5, 5.41) is 6.87. The van der Waals surface area contributed by atoms with Crippen molar-refractivity contribution in [1.29, 1.82) is 0 Å². The number of hydrogen-bond acceptors (Lipinski definition) is 3. The van der Waals surface area contributed by atoms with Crippen LogP contribution < -0.4 is 15.4 Å². The molecule has 2 aliphatic rings. The number of rotatable bonds is 7. The van der Waals surface area contributed by atoms with Crippen LogP contribution in [0, 0.1) is 5.92 Å². The first-order valence-electron chi connectivity index (χ1n) is 10.7. The number of carbonyl (C=O) groups excluding carboxylic acids is 1. The van der Waals surface area contributed by atoms with Gasteiger partial charge in [0.05, 0.1) is 6.61 Å². The number of para-hydroxylation sites is 1. The first kappa shape index (κ1) is 20.5. The number of guanidine groups is 1.